The summed E-state index contributed by atoms with van der Waals surface area (Å²) in [6.45, 7) is 4.23. The quantitative estimate of drug-likeness (QED) is 0.764. The summed E-state index contributed by atoms with van der Waals surface area (Å²) in [5, 5.41) is 0. The molecule has 0 bridgehead atoms. The summed E-state index contributed by atoms with van der Waals surface area (Å²) in [6.07, 6.45) is 0. The molecule has 0 saturated carbocycles. The van der Waals surface area contributed by atoms with Crippen LogP contribution in [-0.2, 0) is 14.8 Å². The molecule has 3 N–H and O–H groups in total. The minimum Gasteiger partial charge on any atom is -0.398 e. The predicted octanol–water partition coefficient (Wildman–Crippen LogP) is 1.87. The molecule has 0 fully saturated rings. The van der Waals surface area contributed by atoms with Crippen LogP contribution in [0.3, 0.4) is 0 Å². The number of ether oxygens (including phenoxy) is 1. The van der Waals surface area contributed by atoms with Gasteiger partial charge in [-0.15, -0.1) is 0 Å². The fraction of sp³-hybridized carbons (Fsp3) is 0.455. The molecule has 0 radical (unpaired) electrons. The van der Waals surface area contributed by atoms with Crippen molar-refractivity contribution in [1.82, 2.24) is 4.72 Å². The number of nitrogens with two attached hydrogens (primary N) is 1. The van der Waals surface area contributed by atoms with Gasteiger partial charge >= 0.3 is 0 Å². The number of rotatable bonds is 6. The minimum absolute atomic E-state index is 0.0412. The summed E-state index contributed by atoms with van der Waals surface area (Å²) >= 11 is 2.93. The largest absolute Gasteiger partial charge is 0.398 e. The first kappa shape index (κ1) is 16.4. The standard InChI is InChI=1S/C11H16BrFN2O3S/c1-3-18-6-7(2)15-19(16,17)11-4-8(12)9(13)5-10(11)14/h4-5,7,15H,3,6,14H2,1-2H3. The third-order valence-corrected chi connectivity index (χ3v) is 4.52. The lowest BCUT2D eigenvalue weighted by molar-refractivity contribution is 0.133. The van der Waals surface area contributed by atoms with Crippen LogP contribution in [0.15, 0.2) is 21.5 Å². The van der Waals surface area contributed by atoms with Crippen LogP contribution >= 0.6 is 15.9 Å². The number of sulfonamides is 1. The summed E-state index contributed by atoms with van der Waals surface area (Å²) in [5.74, 6) is -0.612. The van der Waals surface area contributed by atoms with Crippen LogP contribution in [0.1, 0.15) is 13.8 Å². The van der Waals surface area contributed by atoms with Crippen molar-refractivity contribution in [2.24, 2.45) is 0 Å². The molecule has 0 amide bonds. The molecule has 1 atom stereocenters. The Hall–Kier alpha value is -0.700. The molecule has 0 heterocycles. The average Bonchev–Trinajstić information content (AvgIpc) is 2.30. The van der Waals surface area contributed by atoms with Gasteiger partial charge in [0.15, 0.2) is 0 Å². The van der Waals surface area contributed by atoms with Crippen molar-refractivity contribution >= 4 is 31.6 Å². The van der Waals surface area contributed by atoms with E-state index in [0.717, 1.165) is 12.1 Å². The van der Waals surface area contributed by atoms with Crippen molar-refractivity contribution in [1.29, 1.82) is 0 Å². The predicted molar refractivity (Wildman–Crippen MR) is 74.8 cm³/mol. The van der Waals surface area contributed by atoms with Gasteiger partial charge in [-0.25, -0.2) is 17.5 Å². The Morgan fingerprint density at radius 1 is 1.53 bits per heavy atom. The fourth-order valence-electron chi connectivity index (χ4n) is 1.43. The molecule has 8 heteroatoms. The van der Waals surface area contributed by atoms with Crippen LogP contribution in [0, 0.1) is 5.82 Å². The average molecular weight is 355 g/mol. The molecule has 0 aliphatic heterocycles. The number of halogens is 2. The maximum Gasteiger partial charge on any atom is 0.242 e. The molecule has 1 rings (SSSR count). The zero-order chi connectivity index (χ0) is 14.6. The van der Waals surface area contributed by atoms with Crippen LogP contribution < -0.4 is 10.5 Å². The second-order valence-corrected chi connectivity index (χ2v) is 6.52. The van der Waals surface area contributed by atoms with Gasteiger partial charge in [0.25, 0.3) is 0 Å². The summed E-state index contributed by atoms with van der Waals surface area (Å²) in [4.78, 5) is -0.163. The Morgan fingerprint density at radius 3 is 2.74 bits per heavy atom. The summed E-state index contributed by atoms with van der Waals surface area (Å²) in [5.41, 5.74) is 5.40. The Kier molecular flexibility index (Phi) is 5.72. The SMILES string of the molecule is CCOCC(C)NS(=O)(=O)c1cc(Br)c(F)cc1N. The lowest BCUT2D eigenvalue weighted by atomic mass is 10.3. The summed E-state index contributed by atoms with van der Waals surface area (Å²) in [7, 11) is -3.81. The highest BCUT2D eigenvalue weighted by molar-refractivity contribution is 9.10. The van der Waals surface area contributed by atoms with Gasteiger partial charge in [-0.05, 0) is 41.9 Å². The van der Waals surface area contributed by atoms with Crippen LogP contribution in [0.2, 0.25) is 0 Å². The highest BCUT2D eigenvalue weighted by atomic mass is 79.9. The monoisotopic (exact) mass is 354 g/mol. The van der Waals surface area contributed by atoms with Gasteiger partial charge in [0.1, 0.15) is 10.7 Å². The molecule has 0 spiro atoms. The molecule has 0 aromatic heterocycles. The number of anilines is 1. The minimum atomic E-state index is -3.81. The van der Waals surface area contributed by atoms with Crippen LogP contribution in [-0.4, -0.2) is 27.7 Å². The number of nitrogens with one attached hydrogen (secondary N) is 1. The second kappa shape index (κ2) is 6.65. The maximum atomic E-state index is 13.2. The van der Waals surface area contributed by atoms with E-state index in [1.807, 2.05) is 6.92 Å². The lowest BCUT2D eigenvalue weighted by Crippen LogP contribution is -2.36. The Labute approximate surface area is 120 Å². The first-order valence-electron chi connectivity index (χ1n) is 5.62. The van der Waals surface area contributed by atoms with Crippen molar-refractivity contribution in [3.05, 3.63) is 22.4 Å². The molecule has 19 heavy (non-hydrogen) atoms. The normalized spacial score (nSPS) is 13.5. The third kappa shape index (κ3) is 4.41. The highest BCUT2D eigenvalue weighted by Crippen LogP contribution is 2.26. The third-order valence-electron chi connectivity index (χ3n) is 2.27. The zero-order valence-electron chi connectivity index (χ0n) is 10.6. The van der Waals surface area contributed by atoms with E-state index in [0.29, 0.717) is 6.61 Å². The van der Waals surface area contributed by atoms with Gasteiger partial charge in [0.2, 0.25) is 10.0 Å². The number of hydrogen-bond acceptors (Lipinski definition) is 4. The van der Waals surface area contributed by atoms with E-state index in [4.69, 9.17) is 10.5 Å². The van der Waals surface area contributed by atoms with Crippen molar-refractivity contribution < 1.29 is 17.5 Å². The number of hydrogen-bond donors (Lipinski definition) is 2. The van der Waals surface area contributed by atoms with Crippen molar-refractivity contribution in [3.63, 3.8) is 0 Å². The molecular formula is C11H16BrFN2O3S. The van der Waals surface area contributed by atoms with Gasteiger partial charge in [-0.2, -0.15) is 0 Å². The van der Waals surface area contributed by atoms with Crippen molar-refractivity contribution in [2.45, 2.75) is 24.8 Å². The van der Waals surface area contributed by atoms with Gasteiger partial charge in [-0.3, -0.25) is 0 Å². The second-order valence-electron chi connectivity index (χ2n) is 3.99. The molecule has 0 saturated heterocycles. The molecule has 0 aliphatic carbocycles. The molecule has 1 unspecified atom stereocenters. The Bertz CT molecular complexity index is 551. The van der Waals surface area contributed by atoms with E-state index in [1.54, 1.807) is 6.92 Å². The van der Waals surface area contributed by atoms with Gasteiger partial charge in [0, 0.05) is 12.6 Å². The molecule has 0 aliphatic rings. The lowest BCUT2D eigenvalue weighted by Gasteiger charge is -2.15. The number of benzene rings is 1. The van der Waals surface area contributed by atoms with E-state index in [-0.39, 0.29) is 21.7 Å². The van der Waals surface area contributed by atoms with Crippen molar-refractivity contribution in [2.75, 3.05) is 18.9 Å². The van der Waals surface area contributed by atoms with Crippen LogP contribution in [0.25, 0.3) is 0 Å². The fourth-order valence-corrected chi connectivity index (χ4v) is 3.30. The Morgan fingerprint density at radius 2 is 2.16 bits per heavy atom. The van der Waals surface area contributed by atoms with E-state index in [1.165, 1.54) is 0 Å². The topological polar surface area (TPSA) is 81.4 Å². The molecule has 1 aromatic rings. The Balaban J connectivity index is 2.98. The highest BCUT2D eigenvalue weighted by Gasteiger charge is 2.21. The molecule has 108 valence electrons. The van der Waals surface area contributed by atoms with E-state index < -0.39 is 21.9 Å². The summed E-state index contributed by atoms with van der Waals surface area (Å²) < 4.78 is 45.0. The summed E-state index contributed by atoms with van der Waals surface area (Å²) in [6, 6.07) is 1.69. The smallest absolute Gasteiger partial charge is 0.242 e. The van der Waals surface area contributed by atoms with E-state index in [9.17, 15) is 12.8 Å². The van der Waals surface area contributed by atoms with E-state index in [2.05, 4.69) is 20.7 Å². The zero-order valence-corrected chi connectivity index (χ0v) is 13.0. The molecule has 5 nitrogen and oxygen atoms in total. The first-order valence-corrected chi connectivity index (χ1v) is 7.90. The van der Waals surface area contributed by atoms with Gasteiger partial charge < -0.3 is 10.5 Å². The van der Waals surface area contributed by atoms with Crippen LogP contribution in [0.4, 0.5) is 10.1 Å². The molecular weight excluding hydrogens is 339 g/mol. The maximum absolute atomic E-state index is 13.2. The van der Waals surface area contributed by atoms with E-state index >= 15 is 0 Å². The number of nitrogen functional groups attached to an aromatic ring is 1. The van der Waals surface area contributed by atoms with Crippen LogP contribution in [0.5, 0.6) is 0 Å². The van der Waals surface area contributed by atoms with Crippen molar-refractivity contribution in [3.8, 4) is 0 Å². The first-order chi connectivity index (χ1) is 8.77. The van der Waals surface area contributed by atoms with Gasteiger partial charge in [0.05, 0.1) is 16.8 Å². The molecule has 1 aromatic carbocycles. The van der Waals surface area contributed by atoms with Gasteiger partial charge in [-0.1, -0.05) is 0 Å².